The van der Waals surface area contributed by atoms with Crippen molar-refractivity contribution >= 4 is 0 Å². The molecule has 0 amide bonds. The molecular weight excluding hydrogens is 282 g/mol. The van der Waals surface area contributed by atoms with Crippen molar-refractivity contribution in [3.63, 3.8) is 0 Å². The molecule has 2 heterocycles. The summed E-state index contributed by atoms with van der Waals surface area (Å²) in [6.45, 7) is 13.0. The van der Waals surface area contributed by atoms with Crippen LogP contribution in [0.3, 0.4) is 0 Å². The molecule has 23 heavy (non-hydrogen) atoms. The number of nitrogens with one attached hydrogen (secondary N) is 1. The van der Waals surface area contributed by atoms with Gasteiger partial charge in [-0.15, -0.1) is 0 Å². The van der Waals surface area contributed by atoms with Crippen molar-refractivity contribution in [3.8, 4) is 0 Å². The van der Waals surface area contributed by atoms with Crippen LogP contribution in [0.15, 0.2) is 0 Å². The van der Waals surface area contributed by atoms with E-state index in [0.29, 0.717) is 5.41 Å². The molecule has 2 aliphatic heterocycles. The van der Waals surface area contributed by atoms with Crippen molar-refractivity contribution in [2.24, 2.45) is 17.3 Å². The summed E-state index contributed by atoms with van der Waals surface area (Å²) < 4.78 is 0. The third-order valence-electron chi connectivity index (χ3n) is 6.70. The second-order valence-electron chi connectivity index (χ2n) is 8.14. The molecule has 3 rings (SSSR count). The molecule has 3 fully saturated rings. The third kappa shape index (κ3) is 5.44. The van der Waals surface area contributed by atoms with Gasteiger partial charge in [-0.2, -0.15) is 0 Å². The molecule has 2 saturated heterocycles. The maximum atomic E-state index is 3.32. The van der Waals surface area contributed by atoms with Crippen molar-refractivity contribution in [1.82, 2.24) is 15.3 Å². The molecule has 0 aromatic rings. The summed E-state index contributed by atoms with van der Waals surface area (Å²) in [7, 11) is 2.06. The summed E-state index contributed by atoms with van der Waals surface area (Å²) in [6.07, 6.45) is 11.7. The van der Waals surface area contributed by atoms with Gasteiger partial charge in [-0.25, -0.2) is 5.01 Å². The van der Waals surface area contributed by atoms with Crippen molar-refractivity contribution in [3.05, 3.63) is 0 Å². The van der Waals surface area contributed by atoms with E-state index in [0.717, 1.165) is 11.8 Å². The van der Waals surface area contributed by atoms with Gasteiger partial charge in [-0.05, 0) is 88.8 Å². The van der Waals surface area contributed by atoms with Crippen molar-refractivity contribution in [1.29, 1.82) is 0 Å². The highest BCUT2D eigenvalue weighted by Crippen LogP contribution is 2.46. The van der Waals surface area contributed by atoms with Crippen LogP contribution in [0.2, 0.25) is 0 Å². The van der Waals surface area contributed by atoms with E-state index in [1.54, 1.807) is 0 Å². The van der Waals surface area contributed by atoms with Crippen molar-refractivity contribution in [2.45, 2.75) is 72.1 Å². The Morgan fingerprint density at radius 1 is 0.870 bits per heavy atom. The van der Waals surface area contributed by atoms with Crippen LogP contribution in [0, 0.1) is 17.3 Å². The molecule has 1 spiro atoms. The second-order valence-corrected chi connectivity index (χ2v) is 8.14. The number of rotatable bonds is 3. The van der Waals surface area contributed by atoms with Crippen molar-refractivity contribution < 1.29 is 0 Å². The normalized spacial score (nSPS) is 27.7. The van der Waals surface area contributed by atoms with Gasteiger partial charge in [0.05, 0.1) is 0 Å². The minimum absolute atomic E-state index is 0.709. The van der Waals surface area contributed by atoms with Gasteiger partial charge in [0.15, 0.2) is 0 Å². The number of hydrogen-bond acceptors (Lipinski definition) is 3. The minimum Gasteiger partial charge on any atom is -0.303 e. The Morgan fingerprint density at radius 2 is 1.43 bits per heavy atom. The predicted molar refractivity (Wildman–Crippen MR) is 100 cm³/mol. The summed E-state index contributed by atoms with van der Waals surface area (Å²) in [5.41, 5.74) is 4.03. The van der Waals surface area contributed by atoms with Gasteiger partial charge < -0.3 is 4.90 Å². The van der Waals surface area contributed by atoms with Crippen LogP contribution >= 0.6 is 0 Å². The van der Waals surface area contributed by atoms with Gasteiger partial charge in [0.1, 0.15) is 0 Å². The summed E-state index contributed by atoms with van der Waals surface area (Å²) in [5, 5.41) is 2.40. The van der Waals surface area contributed by atoms with E-state index >= 15 is 0 Å². The van der Waals surface area contributed by atoms with Gasteiger partial charge in [0, 0.05) is 19.6 Å². The molecule has 0 unspecified atom stereocenters. The first-order valence-electron chi connectivity index (χ1n) is 10.3. The number of nitrogens with zero attached hydrogens (tertiary/aromatic N) is 2. The smallest absolute Gasteiger partial charge is 0.0136 e. The topological polar surface area (TPSA) is 18.5 Å². The predicted octanol–water partition coefficient (Wildman–Crippen LogP) is 4.15. The summed E-state index contributed by atoms with van der Waals surface area (Å²) >= 11 is 0. The van der Waals surface area contributed by atoms with Gasteiger partial charge in [0.2, 0.25) is 0 Å². The van der Waals surface area contributed by atoms with E-state index in [2.05, 4.69) is 29.3 Å². The van der Waals surface area contributed by atoms with E-state index in [4.69, 9.17) is 0 Å². The zero-order valence-electron chi connectivity index (χ0n) is 16.2. The lowest BCUT2D eigenvalue weighted by atomic mass is 9.65. The van der Waals surface area contributed by atoms with Crippen LogP contribution in [0.25, 0.3) is 0 Å². The first-order chi connectivity index (χ1) is 11.2. The fraction of sp³-hybridized carbons (Fsp3) is 1.00. The van der Waals surface area contributed by atoms with E-state index < -0.39 is 0 Å². The van der Waals surface area contributed by atoms with Gasteiger partial charge in [-0.1, -0.05) is 20.8 Å². The Kier molecular flexibility index (Phi) is 7.84. The second kappa shape index (κ2) is 9.39. The Hall–Kier alpha value is -0.120. The van der Waals surface area contributed by atoms with Crippen molar-refractivity contribution in [2.75, 3.05) is 39.8 Å². The number of likely N-dealkylation sites (tertiary alicyclic amines) is 1. The number of hydrogen-bond donors (Lipinski definition) is 1. The van der Waals surface area contributed by atoms with Crippen LogP contribution in [-0.4, -0.2) is 49.7 Å². The Labute approximate surface area is 145 Å². The third-order valence-corrected chi connectivity index (χ3v) is 6.70. The fourth-order valence-electron chi connectivity index (χ4n) is 4.79. The van der Waals surface area contributed by atoms with E-state index in [-0.39, 0.29) is 0 Å². The molecule has 0 radical (unpaired) electrons. The quantitative estimate of drug-likeness (QED) is 0.841. The van der Waals surface area contributed by atoms with Gasteiger partial charge in [0.25, 0.3) is 0 Å². The molecule has 1 saturated carbocycles. The van der Waals surface area contributed by atoms with Crippen LogP contribution in [0.5, 0.6) is 0 Å². The molecule has 1 aliphatic carbocycles. The lowest BCUT2D eigenvalue weighted by Gasteiger charge is -2.46. The Bertz CT molecular complexity index is 305. The molecule has 0 atom stereocenters. The zero-order valence-corrected chi connectivity index (χ0v) is 16.2. The van der Waals surface area contributed by atoms with E-state index in [9.17, 15) is 0 Å². The first-order valence-corrected chi connectivity index (χ1v) is 10.3. The molecule has 0 aromatic carbocycles. The number of hydrazine groups is 1. The van der Waals surface area contributed by atoms with E-state index in [1.165, 1.54) is 84.1 Å². The summed E-state index contributed by atoms with van der Waals surface area (Å²) in [4.78, 5) is 2.76. The molecular formula is C20H41N3. The lowest BCUT2D eigenvalue weighted by molar-refractivity contribution is 0.0261. The highest BCUT2D eigenvalue weighted by Gasteiger charge is 2.38. The Morgan fingerprint density at radius 3 is 1.96 bits per heavy atom. The molecule has 136 valence electrons. The van der Waals surface area contributed by atoms with Crippen LogP contribution in [0.1, 0.15) is 72.1 Å². The highest BCUT2D eigenvalue weighted by molar-refractivity contribution is 4.90. The first kappa shape index (κ1) is 19.2. The largest absolute Gasteiger partial charge is 0.303 e. The minimum atomic E-state index is 0.709. The Balaban J connectivity index is 0.000000924. The monoisotopic (exact) mass is 323 g/mol. The summed E-state index contributed by atoms with van der Waals surface area (Å²) in [5.74, 6) is 1.96. The van der Waals surface area contributed by atoms with Crippen LogP contribution < -0.4 is 5.43 Å². The molecule has 3 aliphatic rings. The SMILES string of the molecule is CC.CNN1CCC2(CCC(CN3CCC(C)CC3)CC2)CC1. The molecule has 0 aromatic heterocycles. The molecule has 1 N–H and O–H groups in total. The average molecular weight is 324 g/mol. The maximum Gasteiger partial charge on any atom is 0.0136 e. The fourth-order valence-corrected chi connectivity index (χ4v) is 4.79. The number of piperidine rings is 2. The average Bonchev–Trinajstić information content (AvgIpc) is 2.62. The van der Waals surface area contributed by atoms with Gasteiger partial charge >= 0.3 is 0 Å². The molecule has 3 nitrogen and oxygen atoms in total. The summed E-state index contributed by atoms with van der Waals surface area (Å²) in [6, 6.07) is 0. The maximum absolute atomic E-state index is 3.32. The zero-order chi connectivity index (χ0) is 16.7. The molecule has 3 heteroatoms. The van der Waals surface area contributed by atoms with Gasteiger partial charge in [-0.3, -0.25) is 5.43 Å². The van der Waals surface area contributed by atoms with Crippen LogP contribution in [0.4, 0.5) is 0 Å². The lowest BCUT2D eigenvalue weighted by Crippen LogP contribution is -2.47. The highest BCUT2D eigenvalue weighted by atomic mass is 15.5. The molecule has 0 bridgehead atoms. The standard InChI is InChI=1S/C18H35N3.C2H6/c1-16-5-11-20(12-6-16)15-17-3-7-18(8-4-17)9-13-21(19-2)14-10-18;1-2/h16-17,19H,3-15H2,1-2H3;1-2H3. The van der Waals surface area contributed by atoms with E-state index in [1.807, 2.05) is 13.8 Å². The van der Waals surface area contributed by atoms with Crippen LogP contribution in [-0.2, 0) is 0 Å².